The normalized spacial score (nSPS) is 11.1. The van der Waals surface area contributed by atoms with E-state index in [-0.39, 0.29) is 11.3 Å². The van der Waals surface area contributed by atoms with Crippen molar-refractivity contribution in [2.45, 2.75) is 11.1 Å². The molecule has 0 aromatic heterocycles. The van der Waals surface area contributed by atoms with Crippen LogP contribution in [0.25, 0.3) is 0 Å². The molecule has 0 fully saturated rings. The molecule has 0 aliphatic heterocycles. The molecule has 0 heterocycles. The first-order valence-corrected chi connectivity index (χ1v) is 8.51. The van der Waals surface area contributed by atoms with Crippen LogP contribution in [0.2, 0.25) is 0 Å². The van der Waals surface area contributed by atoms with Gasteiger partial charge in [0.15, 0.2) is 6.61 Å². The molecule has 138 valence electrons. The summed E-state index contributed by atoms with van der Waals surface area (Å²) in [6, 6.07) is 9.35. The largest absolute Gasteiger partial charge is 0.452 e. The number of alkyl halides is 3. The van der Waals surface area contributed by atoms with Gasteiger partial charge < -0.3 is 15.8 Å². The Kier molecular flexibility index (Phi) is 6.14. The number of esters is 1. The van der Waals surface area contributed by atoms with Crippen LogP contribution >= 0.6 is 11.8 Å². The molecule has 0 saturated heterocycles. The summed E-state index contributed by atoms with van der Waals surface area (Å²) in [6.45, 7) is -0.595. The molecule has 2 rings (SSSR count). The van der Waals surface area contributed by atoms with Gasteiger partial charge in [-0.2, -0.15) is 13.2 Å². The predicted octanol–water partition coefficient (Wildman–Crippen LogP) is 3.81. The van der Waals surface area contributed by atoms with Crippen LogP contribution in [-0.2, 0) is 15.7 Å². The number of thioether (sulfide) groups is 1. The van der Waals surface area contributed by atoms with Gasteiger partial charge in [-0.3, -0.25) is 4.79 Å². The highest BCUT2D eigenvalue weighted by Gasteiger charge is 2.31. The van der Waals surface area contributed by atoms with Crippen LogP contribution in [0.5, 0.6) is 0 Å². The van der Waals surface area contributed by atoms with E-state index in [1.54, 1.807) is 12.1 Å². The zero-order valence-corrected chi connectivity index (χ0v) is 14.4. The highest BCUT2D eigenvalue weighted by atomic mass is 32.2. The molecule has 2 aromatic carbocycles. The third-order valence-corrected chi connectivity index (χ3v) is 4.11. The minimum absolute atomic E-state index is 0.240. The van der Waals surface area contributed by atoms with Crippen molar-refractivity contribution in [2.75, 3.05) is 23.9 Å². The van der Waals surface area contributed by atoms with Crippen LogP contribution in [0, 0.1) is 0 Å². The molecule has 0 atom stereocenters. The first-order chi connectivity index (χ1) is 12.2. The number of hydrogen-bond donors (Lipinski definition) is 2. The fourth-order valence-corrected chi connectivity index (χ4v) is 2.62. The van der Waals surface area contributed by atoms with Crippen LogP contribution in [-0.4, -0.2) is 24.7 Å². The summed E-state index contributed by atoms with van der Waals surface area (Å²) >= 11 is 1.43. The van der Waals surface area contributed by atoms with Gasteiger partial charge in [0.05, 0.1) is 16.8 Å². The van der Waals surface area contributed by atoms with E-state index >= 15 is 0 Å². The molecule has 3 N–H and O–H groups in total. The molecule has 26 heavy (non-hydrogen) atoms. The second-order valence-electron chi connectivity index (χ2n) is 5.12. The molecule has 0 unspecified atom stereocenters. The number of carbonyl (C=O) groups excluding carboxylic acids is 2. The summed E-state index contributed by atoms with van der Waals surface area (Å²) in [5.74, 6) is -1.56. The predicted molar refractivity (Wildman–Crippen MR) is 93.0 cm³/mol. The molecule has 0 bridgehead atoms. The Morgan fingerprint density at radius 1 is 1.19 bits per heavy atom. The van der Waals surface area contributed by atoms with E-state index in [1.165, 1.54) is 11.8 Å². The van der Waals surface area contributed by atoms with Gasteiger partial charge in [0, 0.05) is 10.6 Å². The molecular weight excluding hydrogens is 369 g/mol. The number of ether oxygens (including phenoxy) is 1. The minimum Gasteiger partial charge on any atom is -0.452 e. The molecule has 0 radical (unpaired) electrons. The van der Waals surface area contributed by atoms with Gasteiger partial charge >= 0.3 is 12.1 Å². The number of carbonyl (C=O) groups is 2. The molecule has 0 aliphatic rings. The van der Waals surface area contributed by atoms with Crippen LogP contribution < -0.4 is 11.1 Å². The van der Waals surface area contributed by atoms with Crippen molar-refractivity contribution in [3.05, 3.63) is 53.6 Å². The number of nitrogens with one attached hydrogen (secondary N) is 1. The number of amides is 1. The summed E-state index contributed by atoms with van der Waals surface area (Å²) in [5, 5.41) is 2.59. The first kappa shape index (κ1) is 19.6. The van der Waals surface area contributed by atoms with Crippen molar-refractivity contribution in [2.24, 2.45) is 0 Å². The van der Waals surface area contributed by atoms with Crippen molar-refractivity contribution < 1.29 is 27.5 Å². The maximum atomic E-state index is 12.6. The maximum absolute atomic E-state index is 12.6. The van der Waals surface area contributed by atoms with E-state index in [0.717, 1.165) is 17.0 Å². The summed E-state index contributed by atoms with van der Waals surface area (Å²) in [4.78, 5) is 24.7. The quantitative estimate of drug-likeness (QED) is 0.466. The van der Waals surface area contributed by atoms with Crippen molar-refractivity contribution in [1.29, 1.82) is 0 Å². The number of rotatable bonds is 5. The van der Waals surface area contributed by atoms with Crippen molar-refractivity contribution in [1.82, 2.24) is 0 Å². The van der Waals surface area contributed by atoms with Crippen molar-refractivity contribution >= 4 is 35.0 Å². The summed E-state index contributed by atoms with van der Waals surface area (Å²) in [7, 11) is 0. The van der Waals surface area contributed by atoms with Crippen LogP contribution in [0.3, 0.4) is 0 Å². The van der Waals surface area contributed by atoms with Crippen LogP contribution in [0.4, 0.5) is 24.5 Å². The third kappa shape index (κ3) is 4.92. The maximum Gasteiger partial charge on any atom is 0.416 e. The Bertz CT molecular complexity index is 825. The molecule has 9 heteroatoms. The lowest BCUT2D eigenvalue weighted by atomic mass is 10.1. The summed E-state index contributed by atoms with van der Waals surface area (Å²) in [5.41, 5.74) is 4.46. The number of para-hydroxylation sites is 1. The number of nitrogen functional groups attached to an aromatic ring is 1. The highest BCUT2D eigenvalue weighted by molar-refractivity contribution is 7.98. The van der Waals surface area contributed by atoms with Crippen molar-refractivity contribution in [3.8, 4) is 0 Å². The molecule has 5 nitrogen and oxygen atoms in total. The van der Waals surface area contributed by atoms with Crippen LogP contribution in [0.15, 0.2) is 47.4 Å². The third-order valence-electron chi connectivity index (χ3n) is 3.31. The number of anilines is 2. The average molecular weight is 384 g/mol. The van der Waals surface area contributed by atoms with Gasteiger partial charge in [-0.05, 0) is 36.6 Å². The SMILES string of the molecule is CSc1ccccc1NC(=O)COC(=O)c1ccc(C(F)(F)F)cc1N. The van der Waals surface area contributed by atoms with Gasteiger partial charge in [0.1, 0.15) is 0 Å². The number of benzene rings is 2. The molecule has 0 spiro atoms. The number of halogens is 3. The Balaban J connectivity index is 1.99. The Morgan fingerprint density at radius 2 is 1.88 bits per heavy atom. The summed E-state index contributed by atoms with van der Waals surface area (Å²) < 4.78 is 42.6. The van der Waals surface area contributed by atoms with E-state index in [9.17, 15) is 22.8 Å². The lowest BCUT2D eigenvalue weighted by molar-refractivity contribution is -0.137. The second-order valence-corrected chi connectivity index (χ2v) is 5.97. The highest BCUT2D eigenvalue weighted by Crippen LogP contribution is 2.31. The Hall–Kier alpha value is -2.68. The zero-order valence-electron chi connectivity index (χ0n) is 13.6. The molecule has 2 aromatic rings. The zero-order chi connectivity index (χ0) is 19.3. The lowest BCUT2D eigenvalue weighted by Gasteiger charge is -2.11. The van der Waals surface area contributed by atoms with Crippen molar-refractivity contribution in [3.63, 3.8) is 0 Å². The topological polar surface area (TPSA) is 81.4 Å². The van der Waals surface area contributed by atoms with Gasteiger partial charge in [-0.1, -0.05) is 12.1 Å². The standard InChI is InChI=1S/C17H15F3N2O3S/c1-26-14-5-3-2-4-13(14)22-15(23)9-25-16(24)11-7-6-10(8-12(11)21)17(18,19)20/h2-8H,9,21H2,1H3,(H,22,23). The molecule has 1 amide bonds. The number of hydrogen-bond acceptors (Lipinski definition) is 5. The Labute approximate surface area is 151 Å². The van der Waals surface area contributed by atoms with Gasteiger partial charge in [0.2, 0.25) is 0 Å². The fourth-order valence-electron chi connectivity index (χ4n) is 2.07. The van der Waals surface area contributed by atoms with Gasteiger partial charge in [-0.15, -0.1) is 11.8 Å². The van der Waals surface area contributed by atoms with E-state index in [1.807, 2.05) is 18.4 Å². The number of nitrogens with two attached hydrogens (primary N) is 1. The second kappa shape index (κ2) is 8.13. The van der Waals surface area contributed by atoms with E-state index in [0.29, 0.717) is 11.8 Å². The van der Waals surface area contributed by atoms with E-state index in [2.05, 4.69) is 5.32 Å². The summed E-state index contributed by atoms with van der Waals surface area (Å²) in [6.07, 6.45) is -2.72. The Morgan fingerprint density at radius 3 is 2.50 bits per heavy atom. The molecular formula is C17H15F3N2O3S. The average Bonchev–Trinajstić information content (AvgIpc) is 2.59. The monoisotopic (exact) mass is 384 g/mol. The molecule has 0 aliphatic carbocycles. The minimum atomic E-state index is -4.57. The smallest absolute Gasteiger partial charge is 0.416 e. The fraction of sp³-hybridized carbons (Fsp3) is 0.176. The van der Waals surface area contributed by atoms with Gasteiger partial charge in [0.25, 0.3) is 5.91 Å². The first-order valence-electron chi connectivity index (χ1n) is 7.29. The van der Waals surface area contributed by atoms with E-state index < -0.39 is 30.2 Å². The van der Waals surface area contributed by atoms with E-state index in [4.69, 9.17) is 10.5 Å². The molecule has 0 saturated carbocycles. The van der Waals surface area contributed by atoms with Crippen LogP contribution in [0.1, 0.15) is 15.9 Å². The van der Waals surface area contributed by atoms with Gasteiger partial charge in [-0.25, -0.2) is 4.79 Å². The lowest BCUT2D eigenvalue weighted by Crippen LogP contribution is -2.21.